The number of nitrogens with zero attached hydrogens (tertiary/aromatic N) is 3. The largest absolute Gasteiger partial charge is 0.506 e. The highest BCUT2D eigenvalue weighted by atomic mass is 16.3. The maximum absolute atomic E-state index is 10.2. The van der Waals surface area contributed by atoms with Crippen molar-refractivity contribution in [3.05, 3.63) is 48.0 Å². The zero-order valence-electron chi connectivity index (χ0n) is 16.4. The lowest BCUT2D eigenvalue weighted by molar-refractivity contribution is 0.467. The van der Waals surface area contributed by atoms with Crippen molar-refractivity contribution in [1.29, 1.82) is 0 Å². The number of phenols is 1. The molecule has 0 aliphatic carbocycles. The summed E-state index contributed by atoms with van der Waals surface area (Å²) in [5.74, 6) is 0.214. The molecule has 0 aliphatic rings. The highest BCUT2D eigenvalue weighted by molar-refractivity contribution is 5.73. The zero-order chi connectivity index (χ0) is 18.9. The Morgan fingerprint density at radius 2 is 1.37 bits per heavy atom. The molecule has 0 amide bonds. The third kappa shape index (κ3) is 5.56. The lowest BCUT2D eigenvalue weighted by Crippen LogP contribution is -2.00. The molecule has 3 aromatic rings. The number of unbranched alkanes of at least 4 members (excludes halogenated alkanes) is 8. The summed E-state index contributed by atoms with van der Waals surface area (Å²) in [6, 6.07) is 13.5. The third-order valence-electron chi connectivity index (χ3n) is 5.11. The van der Waals surface area contributed by atoms with E-state index < -0.39 is 0 Å². The first-order valence-electron chi connectivity index (χ1n) is 10.4. The van der Waals surface area contributed by atoms with Gasteiger partial charge in [0.1, 0.15) is 22.5 Å². The average molecular weight is 366 g/mol. The summed E-state index contributed by atoms with van der Waals surface area (Å²) in [4.78, 5) is 1.54. The van der Waals surface area contributed by atoms with E-state index in [1.165, 1.54) is 63.4 Å². The van der Waals surface area contributed by atoms with Crippen LogP contribution in [0.5, 0.6) is 5.75 Å². The van der Waals surface area contributed by atoms with E-state index in [0.29, 0.717) is 5.69 Å². The minimum atomic E-state index is 0.214. The first kappa shape index (κ1) is 19.4. The van der Waals surface area contributed by atoms with Crippen LogP contribution in [0.3, 0.4) is 0 Å². The van der Waals surface area contributed by atoms with Gasteiger partial charge in [0.15, 0.2) is 0 Å². The minimum Gasteiger partial charge on any atom is -0.506 e. The predicted molar refractivity (Wildman–Crippen MR) is 111 cm³/mol. The second kappa shape index (κ2) is 10.1. The standard InChI is InChI=1S/C23H31N3O/c1-2-3-4-5-6-7-8-9-10-13-19-16-17-23(27)22(18-19)26-24-20-14-11-12-15-21(20)25-26/h11-12,14-18,27H,2-10,13H2,1H3. The summed E-state index contributed by atoms with van der Waals surface area (Å²) in [5, 5.41) is 19.2. The fraction of sp³-hybridized carbons (Fsp3) is 0.478. The van der Waals surface area contributed by atoms with Crippen molar-refractivity contribution in [1.82, 2.24) is 15.0 Å². The monoisotopic (exact) mass is 365 g/mol. The van der Waals surface area contributed by atoms with Crippen LogP contribution in [0.1, 0.15) is 70.3 Å². The molecule has 0 aliphatic heterocycles. The van der Waals surface area contributed by atoms with Crippen LogP contribution in [0.15, 0.2) is 42.5 Å². The number of hydrogen-bond acceptors (Lipinski definition) is 3. The Bertz CT molecular complexity index is 808. The van der Waals surface area contributed by atoms with E-state index in [0.717, 1.165) is 17.5 Å². The molecule has 1 heterocycles. The van der Waals surface area contributed by atoms with Gasteiger partial charge in [0.05, 0.1) is 0 Å². The van der Waals surface area contributed by atoms with Crippen molar-refractivity contribution in [2.45, 2.75) is 71.1 Å². The van der Waals surface area contributed by atoms with Crippen molar-refractivity contribution < 1.29 is 5.11 Å². The van der Waals surface area contributed by atoms with Crippen LogP contribution in [0, 0.1) is 0 Å². The van der Waals surface area contributed by atoms with Gasteiger partial charge in [-0.25, -0.2) is 0 Å². The molecule has 4 nitrogen and oxygen atoms in total. The highest BCUT2D eigenvalue weighted by Gasteiger charge is 2.09. The summed E-state index contributed by atoms with van der Waals surface area (Å²) >= 11 is 0. The quantitative estimate of drug-likeness (QED) is 0.412. The van der Waals surface area contributed by atoms with Crippen molar-refractivity contribution in [3.8, 4) is 11.4 Å². The van der Waals surface area contributed by atoms with Crippen LogP contribution >= 0.6 is 0 Å². The van der Waals surface area contributed by atoms with Crippen molar-refractivity contribution in [2.24, 2.45) is 0 Å². The average Bonchev–Trinajstić information content (AvgIpc) is 3.12. The fourth-order valence-corrected chi connectivity index (χ4v) is 3.49. The van der Waals surface area contributed by atoms with E-state index >= 15 is 0 Å². The molecule has 0 spiro atoms. The molecule has 0 bridgehead atoms. The summed E-state index contributed by atoms with van der Waals surface area (Å²) in [6.45, 7) is 2.26. The molecular weight excluding hydrogens is 334 g/mol. The Morgan fingerprint density at radius 3 is 2.00 bits per heavy atom. The Kier molecular flexibility index (Phi) is 7.26. The van der Waals surface area contributed by atoms with Gasteiger partial charge in [0.2, 0.25) is 0 Å². The fourth-order valence-electron chi connectivity index (χ4n) is 3.49. The third-order valence-corrected chi connectivity index (χ3v) is 5.11. The molecule has 27 heavy (non-hydrogen) atoms. The summed E-state index contributed by atoms with van der Waals surface area (Å²) in [6.07, 6.45) is 13.0. The summed E-state index contributed by atoms with van der Waals surface area (Å²) < 4.78 is 0. The van der Waals surface area contributed by atoms with Gasteiger partial charge in [0, 0.05) is 0 Å². The molecular formula is C23H31N3O. The lowest BCUT2D eigenvalue weighted by Gasteiger charge is -2.07. The number of phenolic OH excluding ortho intramolecular Hbond substituents is 1. The van der Waals surface area contributed by atoms with Crippen LogP contribution in [-0.2, 0) is 6.42 Å². The molecule has 4 heteroatoms. The second-order valence-corrected chi connectivity index (χ2v) is 7.38. The first-order chi connectivity index (χ1) is 13.3. The summed E-state index contributed by atoms with van der Waals surface area (Å²) in [5.41, 5.74) is 3.55. The van der Waals surface area contributed by atoms with Gasteiger partial charge in [-0.1, -0.05) is 76.5 Å². The molecule has 0 saturated carbocycles. The lowest BCUT2D eigenvalue weighted by atomic mass is 10.0. The molecule has 0 atom stereocenters. The number of benzene rings is 2. The topological polar surface area (TPSA) is 50.9 Å². The Morgan fingerprint density at radius 1 is 0.778 bits per heavy atom. The van der Waals surface area contributed by atoms with E-state index in [-0.39, 0.29) is 5.75 Å². The van der Waals surface area contributed by atoms with Gasteiger partial charge in [-0.2, -0.15) is 0 Å². The van der Waals surface area contributed by atoms with E-state index in [1.807, 2.05) is 36.4 Å². The number of aryl methyl sites for hydroxylation is 1. The Balaban J connectivity index is 1.50. The Hall–Kier alpha value is -2.36. The molecule has 0 unspecified atom stereocenters. The van der Waals surface area contributed by atoms with E-state index in [9.17, 15) is 5.11 Å². The van der Waals surface area contributed by atoms with E-state index in [2.05, 4.69) is 17.1 Å². The Labute approximate surface area is 162 Å². The molecule has 0 saturated heterocycles. The molecule has 144 valence electrons. The molecule has 3 rings (SSSR count). The molecule has 0 fully saturated rings. The highest BCUT2D eigenvalue weighted by Crippen LogP contribution is 2.24. The summed E-state index contributed by atoms with van der Waals surface area (Å²) in [7, 11) is 0. The van der Waals surface area contributed by atoms with Gasteiger partial charge >= 0.3 is 0 Å². The molecule has 0 radical (unpaired) electrons. The predicted octanol–water partition coefficient (Wildman–Crippen LogP) is 6.20. The van der Waals surface area contributed by atoms with Gasteiger partial charge in [-0.3, -0.25) is 0 Å². The van der Waals surface area contributed by atoms with Crippen LogP contribution in [0.25, 0.3) is 16.7 Å². The number of rotatable bonds is 11. The van der Waals surface area contributed by atoms with Gasteiger partial charge in [0.25, 0.3) is 0 Å². The van der Waals surface area contributed by atoms with E-state index in [1.54, 1.807) is 10.9 Å². The van der Waals surface area contributed by atoms with Gasteiger partial charge < -0.3 is 5.11 Å². The van der Waals surface area contributed by atoms with Crippen molar-refractivity contribution in [2.75, 3.05) is 0 Å². The normalized spacial score (nSPS) is 11.3. The van der Waals surface area contributed by atoms with Gasteiger partial charge in [-0.05, 0) is 42.7 Å². The van der Waals surface area contributed by atoms with Crippen LogP contribution in [0.4, 0.5) is 0 Å². The maximum atomic E-state index is 10.2. The number of fused-ring (bicyclic) bond motifs is 1. The molecule has 2 aromatic carbocycles. The smallest absolute Gasteiger partial charge is 0.143 e. The number of aromatic hydroxyl groups is 1. The molecule has 1 N–H and O–H groups in total. The molecule has 1 aromatic heterocycles. The first-order valence-corrected chi connectivity index (χ1v) is 10.4. The van der Waals surface area contributed by atoms with Crippen LogP contribution in [-0.4, -0.2) is 20.1 Å². The number of aromatic nitrogens is 3. The van der Waals surface area contributed by atoms with E-state index in [4.69, 9.17) is 0 Å². The van der Waals surface area contributed by atoms with Crippen molar-refractivity contribution >= 4 is 11.0 Å². The van der Waals surface area contributed by atoms with Crippen LogP contribution in [0.2, 0.25) is 0 Å². The minimum absolute atomic E-state index is 0.214. The zero-order valence-corrected chi connectivity index (χ0v) is 16.4. The number of hydrogen-bond donors (Lipinski definition) is 1. The SMILES string of the molecule is CCCCCCCCCCCc1ccc(O)c(-n2nc3ccccc3n2)c1. The second-order valence-electron chi connectivity index (χ2n) is 7.38. The maximum Gasteiger partial charge on any atom is 0.143 e. The van der Waals surface area contributed by atoms with Crippen molar-refractivity contribution in [3.63, 3.8) is 0 Å². The van der Waals surface area contributed by atoms with Crippen LogP contribution < -0.4 is 0 Å². The van der Waals surface area contributed by atoms with Gasteiger partial charge in [-0.15, -0.1) is 15.0 Å².